The Morgan fingerprint density at radius 1 is 1.06 bits per heavy atom. The monoisotopic (exact) mass is 483 g/mol. The van der Waals surface area contributed by atoms with Crippen molar-refractivity contribution in [1.29, 1.82) is 0 Å². The van der Waals surface area contributed by atoms with Crippen LogP contribution in [-0.2, 0) is 16.0 Å². The highest BCUT2D eigenvalue weighted by atomic mass is 16.5. The van der Waals surface area contributed by atoms with E-state index in [1.54, 1.807) is 35.8 Å². The van der Waals surface area contributed by atoms with Crippen LogP contribution in [-0.4, -0.2) is 49.4 Å². The molecule has 1 atom stereocenters. The van der Waals surface area contributed by atoms with E-state index in [9.17, 15) is 9.59 Å². The van der Waals surface area contributed by atoms with E-state index >= 15 is 0 Å². The van der Waals surface area contributed by atoms with Gasteiger partial charge in [0.1, 0.15) is 16.7 Å². The second-order valence-electron chi connectivity index (χ2n) is 8.90. The minimum Gasteiger partial charge on any atom is -0.462 e. The van der Waals surface area contributed by atoms with Gasteiger partial charge in [0.25, 0.3) is 5.56 Å². The number of nitrogens with zero attached hydrogens (tertiary/aromatic N) is 5. The van der Waals surface area contributed by atoms with Crippen molar-refractivity contribution in [1.82, 2.24) is 24.1 Å². The molecule has 0 spiro atoms. The van der Waals surface area contributed by atoms with Crippen molar-refractivity contribution in [2.24, 2.45) is 0 Å². The number of rotatable bonds is 5. The lowest BCUT2D eigenvalue weighted by atomic mass is 10.2. The molecule has 0 bridgehead atoms. The number of aryl methyl sites for hydroxylation is 1. The summed E-state index contributed by atoms with van der Waals surface area (Å²) in [5.41, 5.74) is 3.93. The SMILES string of the molecule is CCOC(=O)c1ccc(-n2c3nc4ccccc4nc3c3c(=O)n(C[C@H]4CCCO4)c(C)nc32)cc1. The molecule has 0 N–H and O–H groups in total. The van der Waals surface area contributed by atoms with Gasteiger partial charge in [-0.2, -0.15) is 0 Å². The van der Waals surface area contributed by atoms with E-state index in [2.05, 4.69) is 0 Å². The van der Waals surface area contributed by atoms with Gasteiger partial charge in [-0.25, -0.2) is 19.7 Å². The topological polar surface area (TPSA) is 101 Å². The molecule has 1 aliphatic heterocycles. The summed E-state index contributed by atoms with van der Waals surface area (Å²) in [4.78, 5) is 40.6. The maximum absolute atomic E-state index is 13.9. The summed E-state index contributed by atoms with van der Waals surface area (Å²) in [6.45, 7) is 5.08. The third kappa shape index (κ3) is 3.63. The third-order valence-electron chi connectivity index (χ3n) is 6.60. The van der Waals surface area contributed by atoms with E-state index in [0.29, 0.717) is 64.4 Å². The molecular weight excluding hydrogens is 458 g/mol. The summed E-state index contributed by atoms with van der Waals surface area (Å²) >= 11 is 0. The quantitative estimate of drug-likeness (QED) is 0.349. The maximum Gasteiger partial charge on any atom is 0.338 e. The van der Waals surface area contributed by atoms with Crippen LogP contribution in [0.4, 0.5) is 0 Å². The third-order valence-corrected chi connectivity index (χ3v) is 6.60. The van der Waals surface area contributed by atoms with E-state index in [-0.39, 0.29) is 17.6 Å². The zero-order valence-electron chi connectivity index (χ0n) is 20.1. The fraction of sp³-hybridized carbons (Fsp3) is 0.296. The molecule has 6 rings (SSSR count). The Morgan fingerprint density at radius 2 is 1.81 bits per heavy atom. The number of aromatic nitrogens is 5. The summed E-state index contributed by atoms with van der Waals surface area (Å²) in [6.07, 6.45) is 1.91. The first-order chi connectivity index (χ1) is 17.5. The Morgan fingerprint density at radius 3 is 2.50 bits per heavy atom. The van der Waals surface area contributed by atoms with Gasteiger partial charge >= 0.3 is 5.97 Å². The first kappa shape index (κ1) is 22.4. The summed E-state index contributed by atoms with van der Waals surface area (Å²) in [6, 6.07) is 14.6. The zero-order valence-corrected chi connectivity index (χ0v) is 20.1. The van der Waals surface area contributed by atoms with Crippen molar-refractivity contribution < 1.29 is 14.3 Å². The van der Waals surface area contributed by atoms with Crippen LogP contribution in [0.25, 0.3) is 38.9 Å². The molecule has 1 aliphatic rings. The standard InChI is InChI=1S/C27H25N5O4/c1-3-35-27(34)17-10-12-18(13-11-17)32-24-22(23-25(32)30-21-9-5-4-8-20(21)29-23)26(33)31(16(2)28-24)15-19-7-6-14-36-19/h4-5,8-13,19H,3,6-7,14-15H2,1-2H3/t19-/m1/s1. The number of fused-ring (bicyclic) bond motifs is 4. The molecule has 0 amide bonds. The van der Waals surface area contributed by atoms with Gasteiger partial charge < -0.3 is 9.47 Å². The fourth-order valence-electron chi connectivity index (χ4n) is 4.84. The molecule has 1 saturated heterocycles. The number of hydrogen-bond donors (Lipinski definition) is 0. The normalized spacial score (nSPS) is 15.8. The molecule has 4 heterocycles. The van der Waals surface area contributed by atoms with Crippen LogP contribution >= 0.6 is 0 Å². The lowest BCUT2D eigenvalue weighted by molar-refractivity contribution is 0.0526. The number of para-hydroxylation sites is 2. The Labute approximate surface area is 206 Å². The second-order valence-corrected chi connectivity index (χ2v) is 8.90. The van der Waals surface area contributed by atoms with Crippen LogP contribution in [0.15, 0.2) is 53.3 Å². The van der Waals surface area contributed by atoms with E-state index < -0.39 is 0 Å². The van der Waals surface area contributed by atoms with Crippen LogP contribution in [0.3, 0.4) is 0 Å². The molecule has 0 aliphatic carbocycles. The van der Waals surface area contributed by atoms with Gasteiger partial charge in [-0.15, -0.1) is 0 Å². The van der Waals surface area contributed by atoms with Crippen LogP contribution in [0, 0.1) is 6.92 Å². The maximum atomic E-state index is 13.9. The highest BCUT2D eigenvalue weighted by Gasteiger charge is 2.24. The van der Waals surface area contributed by atoms with Gasteiger partial charge in [-0.05, 0) is 63.1 Å². The van der Waals surface area contributed by atoms with Crippen molar-refractivity contribution >= 4 is 39.2 Å². The van der Waals surface area contributed by atoms with E-state index in [0.717, 1.165) is 18.5 Å². The van der Waals surface area contributed by atoms with Gasteiger partial charge in [-0.3, -0.25) is 13.9 Å². The molecular formula is C27H25N5O4. The highest BCUT2D eigenvalue weighted by Crippen LogP contribution is 2.29. The van der Waals surface area contributed by atoms with Gasteiger partial charge in [0.2, 0.25) is 0 Å². The predicted molar refractivity (Wildman–Crippen MR) is 136 cm³/mol. The number of benzene rings is 2. The second kappa shape index (κ2) is 8.83. The molecule has 36 heavy (non-hydrogen) atoms. The summed E-state index contributed by atoms with van der Waals surface area (Å²) in [5.74, 6) is 0.211. The average Bonchev–Trinajstić information content (AvgIpc) is 3.51. The fourth-order valence-corrected chi connectivity index (χ4v) is 4.84. The Bertz CT molecular complexity index is 1680. The van der Waals surface area contributed by atoms with E-state index in [1.165, 1.54) is 0 Å². The molecule has 0 saturated carbocycles. The van der Waals surface area contributed by atoms with Crippen molar-refractivity contribution in [3.8, 4) is 5.69 Å². The summed E-state index contributed by atoms with van der Waals surface area (Å²) in [5, 5.41) is 0.418. The summed E-state index contributed by atoms with van der Waals surface area (Å²) in [7, 11) is 0. The molecule has 9 heteroatoms. The number of carbonyl (C=O) groups excluding carboxylic acids is 1. The van der Waals surface area contributed by atoms with Crippen LogP contribution in [0.1, 0.15) is 35.9 Å². The minimum atomic E-state index is -0.386. The Balaban J connectivity index is 1.62. The first-order valence-electron chi connectivity index (χ1n) is 12.1. The molecule has 0 radical (unpaired) electrons. The van der Waals surface area contributed by atoms with Crippen molar-refractivity contribution in [3.63, 3.8) is 0 Å². The molecule has 3 aromatic heterocycles. The van der Waals surface area contributed by atoms with Crippen molar-refractivity contribution in [2.75, 3.05) is 13.2 Å². The molecule has 182 valence electrons. The molecule has 0 unspecified atom stereocenters. The van der Waals surface area contributed by atoms with Crippen LogP contribution in [0.5, 0.6) is 0 Å². The lowest BCUT2D eigenvalue weighted by Crippen LogP contribution is -2.29. The lowest BCUT2D eigenvalue weighted by Gasteiger charge is -2.14. The molecule has 9 nitrogen and oxygen atoms in total. The van der Waals surface area contributed by atoms with Gasteiger partial charge in [-0.1, -0.05) is 12.1 Å². The van der Waals surface area contributed by atoms with Gasteiger partial charge in [0.05, 0.1) is 35.9 Å². The highest BCUT2D eigenvalue weighted by molar-refractivity contribution is 6.06. The number of esters is 1. The first-order valence-corrected chi connectivity index (χ1v) is 12.1. The van der Waals surface area contributed by atoms with E-state index in [4.69, 9.17) is 24.4 Å². The minimum absolute atomic E-state index is 0.00339. The van der Waals surface area contributed by atoms with Crippen LogP contribution < -0.4 is 5.56 Å². The number of ether oxygens (including phenoxy) is 2. The van der Waals surface area contributed by atoms with Crippen molar-refractivity contribution in [3.05, 3.63) is 70.3 Å². The zero-order chi connectivity index (χ0) is 24.8. The largest absolute Gasteiger partial charge is 0.462 e. The van der Waals surface area contributed by atoms with Crippen LogP contribution in [0.2, 0.25) is 0 Å². The molecule has 5 aromatic rings. The van der Waals surface area contributed by atoms with Gasteiger partial charge in [0.15, 0.2) is 11.3 Å². The van der Waals surface area contributed by atoms with E-state index in [1.807, 2.05) is 35.8 Å². The molecule has 1 fully saturated rings. The predicted octanol–water partition coefficient (Wildman–Crippen LogP) is 3.95. The van der Waals surface area contributed by atoms with Crippen molar-refractivity contribution in [2.45, 2.75) is 39.3 Å². The molecule has 2 aromatic carbocycles. The average molecular weight is 484 g/mol. The number of carbonyl (C=O) groups is 1. The Kier molecular flexibility index (Phi) is 5.49. The number of hydrogen-bond acceptors (Lipinski definition) is 7. The smallest absolute Gasteiger partial charge is 0.338 e. The summed E-state index contributed by atoms with van der Waals surface area (Å²) < 4.78 is 14.4. The van der Waals surface area contributed by atoms with Gasteiger partial charge in [0, 0.05) is 12.3 Å². The Hall–Kier alpha value is -4.11.